The van der Waals surface area contributed by atoms with Crippen molar-refractivity contribution in [1.29, 1.82) is 0 Å². The number of hydrogen-bond donors (Lipinski definition) is 3. The predicted molar refractivity (Wildman–Crippen MR) is 69.9 cm³/mol. The third-order valence-electron chi connectivity index (χ3n) is 2.42. The molecule has 0 radical (unpaired) electrons. The van der Waals surface area contributed by atoms with Crippen LogP contribution in [0.4, 0.5) is 5.69 Å². The van der Waals surface area contributed by atoms with Crippen LogP contribution in [0.15, 0.2) is 18.2 Å². The van der Waals surface area contributed by atoms with E-state index in [0.717, 1.165) is 12.0 Å². The van der Waals surface area contributed by atoms with Crippen LogP contribution in [0.3, 0.4) is 0 Å². The zero-order chi connectivity index (χ0) is 13.5. The van der Waals surface area contributed by atoms with Crippen LogP contribution in [-0.2, 0) is 4.79 Å². The highest BCUT2D eigenvalue weighted by molar-refractivity contribution is 5.95. The number of rotatable bonds is 6. The van der Waals surface area contributed by atoms with Gasteiger partial charge in [0.15, 0.2) is 0 Å². The van der Waals surface area contributed by atoms with Crippen molar-refractivity contribution >= 4 is 17.6 Å². The lowest BCUT2D eigenvalue weighted by Crippen LogP contribution is -2.30. The predicted octanol–water partition coefficient (Wildman–Crippen LogP) is 1.63. The van der Waals surface area contributed by atoms with E-state index in [1.54, 1.807) is 12.1 Å². The first-order chi connectivity index (χ1) is 8.54. The van der Waals surface area contributed by atoms with Crippen LogP contribution in [0.2, 0.25) is 0 Å². The highest BCUT2D eigenvalue weighted by Gasteiger charge is 2.10. The number of aromatic carboxylic acids is 1. The van der Waals surface area contributed by atoms with Crippen molar-refractivity contribution in [3.63, 3.8) is 0 Å². The maximum Gasteiger partial charge on any atom is 0.337 e. The molecule has 1 aromatic carbocycles. The van der Waals surface area contributed by atoms with E-state index in [2.05, 4.69) is 10.6 Å². The number of carbonyl (C=O) groups is 2. The second-order valence-corrected chi connectivity index (χ2v) is 4.06. The molecule has 1 amide bonds. The van der Waals surface area contributed by atoms with Crippen LogP contribution in [-0.4, -0.2) is 30.1 Å². The van der Waals surface area contributed by atoms with Gasteiger partial charge in [0.1, 0.15) is 0 Å². The van der Waals surface area contributed by atoms with E-state index in [1.165, 1.54) is 6.07 Å². The molecule has 0 bridgehead atoms. The fourth-order valence-electron chi connectivity index (χ4n) is 1.49. The summed E-state index contributed by atoms with van der Waals surface area (Å²) in [6.45, 7) is 4.54. The summed E-state index contributed by atoms with van der Waals surface area (Å²) in [7, 11) is 0. The topological polar surface area (TPSA) is 78.4 Å². The molecule has 0 aromatic heterocycles. The molecule has 0 saturated heterocycles. The molecule has 0 aliphatic rings. The molecule has 0 fully saturated rings. The van der Waals surface area contributed by atoms with Crippen LogP contribution in [0.5, 0.6) is 0 Å². The van der Waals surface area contributed by atoms with E-state index < -0.39 is 5.97 Å². The lowest BCUT2D eigenvalue weighted by atomic mass is 10.1. The van der Waals surface area contributed by atoms with Gasteiger partial charge in [-0.15, -0.1) is 0 Å². The molecular formula is C13H18N2O3. The van der Waals surface area contributed by atoms with Gasteiger partial charge in [0.25, 0.3) is 0 Å². The lowest BCUT2D eigenvalue weighted by Gasteiger charge is -2.10. The first kappa shape index (κ1) is 14.0. The van der Waals surface area contributed by atoms with Crippen molar-refractivity contribution in [3.8, 4) is 0 Å². The Kier molecular flexibility index (Phi) is 5.17. The molecule has 1 aromatic rings. The molecule has 1 rings (SSSR count). The molecular weight excluding hydrogens is 232 g/mol. The van der Waals surface area contributed by atoms with Crippen LogP contribution in [0.1, 0.15) is 29.3 Å². The fourth-order valence-corrected chi connectivity index (χ4v) is 1.49. The van der Waals surface area contributed by atoms with Crippen molar-refractivity contribution < 1.29 is 14.7 Å². The summed E-state index contributed by atoms with van der Waals surface area (Å²) in [5, 5.41) is 14.6. The summed E-state index contributed by atoms with van der Waals surface area (Å²) in [5.41, 5.74) is 1.58. The highest BCUT2D eigenvalue weighted by Crippen LogP contribution is 2.17. The van der Waals surface area contributed by atoms with Crippen LogP contribution in [0.25, 0.3) is 0 Å². The van der Waals surface area contributed by atoms with Gasteiger partial charge >= 0.3 is 5.97 Å². The lowest BCUT2D eigenvalue weighted by molar-refractivity contribution is -0.119. The Balaban J connectivity index is 2.68. The van der Waals surface area contributed by atoms with Gasteiger partial charge in [-0.25, -0.2) is 4.79 Å². The summed E-state index contributed by atoms with van der Waals surface area (Å²) in [6.07, 6.45) is 0.872. The normalized spacial score (nSPS) is 9.89. The third-order valence-corrected chi connectivity index (χ3v) is 2.42. The van der Waals surface area contributed by atoms with Gasteiger partial charge < -0.3 is 15.7 Å². The number of benzene rings is 1. The minimum Gasteiger partial charge on any atom is -0.478 e. The number of hydrogen-bond acceptors (Lipinski definition) is 3. The molecule has 3 N–H and O–H groups in total. The molecule has 0 saturated carbocycles. The molecule has 0 aliphatic heterocycles. The number of anilines is 1. The number of carboxylic acid groups (broad SMARTS) is 1. The standard InChI is InChI=1S/C13H18N2O3/c1-3-6-14-12(16)8-15-11-7-9(2)4-5-10(11)13(17)18/h4-5,7,15H,3,6,8H2,1-2H3,(H,14,16)(H,17,18). The van der Waals surface area contributed by atoms with E-state index in [4.69, 9.17) is 5.11 Å². The Morgan fingerprint density at radius 1 is 1.33 bits per heavy atom. The summed E-state index contributed by atoms with van der Waals surface area (Å²) in [5.74, 6) is -1.15. The quantitative estimate of drug-likeness (QED) is 0.717. The number of nitrogens with one attached hydrogen (secondary N) is 2. The maximum absolute atomic E-state index is 11.4. The minimum atomic E-state index is -1.01. The molecule has 5 nitrogen and oxygen atoms in total. The molecule has 0 spiro atoms. The minimum absolute atomic E-state index is 0.0731. The Morgan fingerprint density at radius 3 is 2.67 bits per heavy atom. The van der Waals surface area contributed by atoms with E-state index in [1.807, 2.05) is 13.8 Å². The van der Waals surface area contributed by atoms with Crippen molar-refractivity contribution in [2.45, 2.75) is 20.3 Å². The SMILES string of the molecule is CCCNC(=O)CNc1cc(C)ccc1C(=O)O. The Hall–Kier alpha value is -2.04. The van der Waals surface area contributed by atoms with Crippen LogP contribution >= 0.6 is 0 Å². The molecule has 0 unspecified atom stereocenters. The Labute approximate surface area is 106 Å². The third kappa shape index (κ3) is 4.08. The van der Waals surface area contributed by atoms with Crippen molar-refractivity contribution in [1.82, 2.24) is 5.32 Å². The van der Waals surface area contributed by atoms with Gasteiger partial charge in [0.2, 0.25) is 5.91 Å². The van der Waals surface area contributed by atoms with E-state index in [9.17, 15) is 9.59 Å². The van der Waals surface area contributed by atoms with Crippen molar-refractivity contribution in [3.05, 3.63) is 29.3 Å². The van der Waals surface area contributed by atoms with Crippen LogP contribution < -0.4 is 10.6 Å². The van der Waals surface area contributed by atoms with E-state index >= 15 is 0 Å². The zero-order valence-corrected chi connectivity index (χ0v) is 10.6. The number of carboxylic acids is 1. The highest BCUT2D eigenvalue weighted by atomic mass is 16.4. The molecule has 0 heterocycles. The van der Waals surface area contributed by atoms with Gasteiger partial charge in [-0.2, -0.15) is 0 Å². The first-order valence-electron chi connectivity index (χ1n) is 5.89. The molecule has 5 heteroatoms. The van der Waals surface area contributed by atoms with E-state index in [0.29, 0.717) is 12.2 Å². The number of amides is 1. The average molecular weight is 250 g/mol. The monoisotopic (exact) mass is 250 g/mol. The molecule has 98 valence electrons. The first-order valence-corrected chi connectivity index (χ1v) is 5.89. The average Bonchev–Trinajstić information content (AvgIpc) is 2.33. The second-order valence-electron chi connectivity index (χ2n) is 4.06. The zero-order valence-electron chi connectivity index (χ0n) is 10.6. The Morgan fingerprint density at radius 2 is 2.06 bits per heavy atom. The summed E-state index contributed by atoms with van der Waals surface area (Å²) >= 11 is 0. The van der Waals surface area contributed by atoms with Gasteiger partial charge in [-0.05, 0) is 31.0 Å². The van der Waals surface area contributed by atoms with Gasteiger partial charge in [-0.3, -0.25) is 4.79 Å². The largest absolute Gasteiger partial charge is 0.478 e. The molecule has 0 atom stereocenters. The fraction of sp³-hybridized carbons (Fsp3) is 0.385. The van der Waals surface area contributed by atoms with Crippen molar-refractivity contribution in [2.24, 2.45) is 0 Å². The van der Waals surface area contributed by atoms with Gasteiger partial charge in [0, 0.05) is 12.2 Å². The van der Waals surface area contributed by atoms with Gasteiger partial charge in [0.05, 0.1) is 12.1 Å². The maximum atomic E-state index is 11.4. The summed E-state index contributed by atoms with van der Waals surface area (Å²) in [6, 6.07) is 4.98. The molecule has 0 aliphatic carbocycles. The van der Waals surface area contributed by atoms with E-state index in [-0.39, 0.29) is 18.0 Å². The van der Waals surface area contributed by atoms with Crippen LogP contribution in [0, 0.1) is 6.92 Å². The van der Waals surface area contributed by atoms with Crippen molar-refractivity contribution in [2.75, 3.05) is 18.4 Å². The smallest absolute Gasteiger partial charge is 0.337 e. The van der Waals surface area contributed by atoms with Gasteiger partial charge in [-0.1, -0.05) is 13.0 Å². The summed E-state index contributed by atoms with van der Waals surface area (Å²) < 4.78 is 0. The molecule has 18 heavy (non-hydrogen) atoms. The second kappa shape index (κ2) is 6.64. The summed E-state index contributed by atoms with van der Waals surface area (Å²) in [4.78, 5) is 22.4. The Bertz CT molecular complexity index is 444. The number of aryl methyl sites for hydroxylation is 1. The number of carbonyl (C=O) groups excluding carboxylic acids is 1.